The first-order valence-electron chi connectivity index (χ1n) is 14.5. The SMILES string of the molecule is O=C(NC1CCCCC1Nc1c(C(=O)N2CCCCC2)cc(Br)cc1[N+](=O)[O-])c1cncc(-n2nnc3ccccc32)c1. The average molecular weight is 648 g/mol. The van der Waals surface area contributed by atoms with Crippen molar-refractivity contribution >= 4 is 50.2 Å². The van der Waals surface area contributed by atoms with Crippen LogP contribution in [0.3, 0.4) is 0 Å². The Balaban J connectivity index is 1.26. The number of hydrogen-bond acceptors (Lipinski definition) is 8. The maximum absolute atomic E-state index is 13.6. The van der Waals surface area contributed by atoms with E-state index in [0.717, 1.165) is 43.1 Å². The summed E-state index contributed by atoms with van der Waals surface area (Å²) in [5, 5.41) is 27.0. The fourth-order valence-electron chi connectivity index (χ4n) is 5.97. The van der Waals surface area contributed by atoms with Gasteiger partial charge in [-0.1, -0.05) is 46.1 Å². The van der Waals surface area contributed by atoms with E-state index in [1.807, 2.05) is 24.3 Å². The van der Waals surface area contributed by atoms with Crippen LogP contribution in [0, 0.1) is 10.1 Å². The molecule has 1 saturated carbocycles. The molecule has 2 N–H and O–H groups in total. The van der Waals surface area contributed by atoms with Gasteiger partial charge >= 0.3 is 0 Å². The van der Waals surface area contributed by atoms with Crippen LogP contribution in [-0.2, 0) is 0 Å². The van der Waals surface area contributed by atoms with Crippen molar-refractivity contribution < 1.29 is 14.5 Å². The van der Waals surface area contributed by atoms with E-state index in [2.05, 4.69) is 41.9 Å². The molecule has 0 spiro atoms. The number of halogens is 1. The van der Waals surface area contributed by atoms with Crippen LogP contribution in [0.5, 0.6) is 0 Å². The number of carbonyl (C=O) groups is 2. The van der Waals surface area contributed by atoms with Gasteiger partial charge < -0.3 is 15.5 Å². The highest BCUT2D eigenvalue weighted by Crippen LogP contribution is 2.36. The standard InChI is InChI=1S/C30H31BrN8O4/c31-20-15-22(30(41)37-12-6-1-7-13-37)28(27(16-20)39(42)43)33-23-8-2-3-9-24(23)34-29(40)19-14-21(18-32-17-19)38-26-11-5-4-10-25(26)35-36-38/h4-5,10-11,14-18,23-24,33H,1-3,6-9,12-13H2,(H,34,40). The second-order valence-corrected chi connectivity index (χ2v) is 11.9. The first-order valence-corrected chi connectivity index (χ1v) is 15.3. The third kappa shape index (κ3) is 6.07. The molecule has 2 aliphatic rings. The zero-order valence-electron chi connectivity index (χ0n) is 23.4. The second-order valence-electron chi connectivity index (χ2n) is 11.0. The summed E-state index contributed by atoms with van der Waals surface area (Å²) in [7, 11) is 0. The number of nitro groups is 1. The molecular formula is C30H31BrN8O4. The zero-order valence-corrected chi connectivity index (χ0v) is 25.0. The molecule has 43 heavy (non-hydrogen) atoms. The van der Waals surface area contributed by atoms with Crippen molar-refractivity contribution in [3.63, 3.8) is 0 Å². The van der Waals surface area contributed by atoms with Crippen molar-refractivity contribution in [2.45, 2.75) is 57.0 Å². The number of hydrogen-bond donors (Lipinski definition) is 2. The van der Waals surface area contributed by atoms with Crippen LogP contribution in [0.25, 0.3) is 16.7 Å². The number of nitro benzene ring substituents is 1. The molecule has 1 aliphatic heterocycles. The highest BCUT2D eigenvalue weighted by molar-refractivity contribution is 9.10. The molecule has 2 aromatic carbocycles. The lowest BCUT2D eigenvalue weighted by molar-refractivity contribution is -0.384. The monoisotopic (exact) mass is 646 g/mol. The largest absolute Gasteiger partial charge is 0.374 e. The van der Waals surface area contributed by atoms with Crippen molar-refractivity contribution in [2.75, 3.05) is 18.4 Å². The highest BCUT2D eigenvalue weighted by Gasteiger charge is 2.33. The van der Waals surface area contributed by atoms with Gasteiger partial charge in [0.15, 0.2) is 0 Å². The topological polar surface area (TPSA) is 148 Å². The molecule has 12 nitrogen and oxygen atoms in total. The van der Waals surface area contributed by atoms with Crippen molar-refractivity contribution in [3.8, 4) is 5.69 Å². The van der Waals surface area contributed by atoms with Crippen molar-refractivity contribution in [2.24, 2.45) is 0 Å². The minimum absolute atomic E-state index is 0.178. The molecule has 2 aromatic heterocycles. The van der Waals surface area contributed by atoms with Gasteiger partial charge in [-0.2, -0.15) is 0 Å². The van der Waals surface area contributed by atoms with Crippen molar-refractivity contribution in [3.05, 3.63) is 80.6 Å². The number of pyridine rings is 1. The molecular weight excluding hydrogens is 616 g/mol. The van der Waals surface area contributed by atoms with Gasteiger partial charge in [-0.15, -0.1) is 5.10 Å². The number of aromatic nitrogens is 4. The predicted octanol–water partition coefficient (Wildman–Crippen LogP) is 5.27. The molecule has 222 valence electrons. The summed E-state index contributed by atoms with van der Waals surface area (Å²) in [5.74, 6) is -0.543. The predicted molar refractivity (Wildman–Crippen MR) is 164 cm³/mol. The summed E-state index contributed by atoms with van der Waals surface area (Å²) in [6.45, 7) is 1.25. The molecule has 2 amide bonds. The van der Waals surface area contributed by atoms with Gasteiger partial charge in [0.05, 0.1) is 33.5 Å². The first kappa shape index (κ1) is 28.7. The van der Waals surface area contributed by atoms with E-state index in [-0.39, 0.29) is 40.8 Å². The Kier molecular flexibility index (Phi) is 8.32. The third-order valence-corrected chi connectivity index (χ3v) is 8.61. The molecule has 2 atom stereocenters. The van der Waals surface area contributed by atoms with Gasteiger partial charge in [-0.3, -0.25) is 24.7 Å². The first-order chi connectivity index (χ1) is 20.9. The third-order valence-electron chi connectivity index (χ3n) is 8.15. The number of amides is 2. The maximum atomic E-state index is 13.6. The van der Waals surface area contributed by atoms with E-state index in [9.17, 15) is 19.7 Å². The summed E-state index contributed by atoms with van der Waals surface area (Å²) in [6, 6.07) is 11.7. The Morgan fingerprint density at radius 2 is 1.74 bits per heavy atom. The normalized spacial score (nSPS) is 18.8. The van der Waals surface area contributed by atoms with Gasteiger partial charge in [-0.05, 0) is 56.4 Å². The number of nitrogens with one attached hydrogen (secondary N) is 2. The molecule has 2 unspecified atom stereocenters. The van der Waals surface area contributed by atoms with Gasteiger partial charge in [-0.25, -0.2) is 4.68 Å². The fraction of sp³-hybridized carbons (Fsp3) is 0.367. The number of nitrogens with zero attached hydrogens (tertiary/aromatic N) is 6. The number of carbonyl (C=O) groups excluding carboxylic acids is 2. The summed E-state index contributed by atoms with van der Waals surface area (Å²) in [4.78, 5) is 44.8. The zero-order chi connectivity index (χ0) is 29.9. The summed E-state index contributed by atoms with van der Waals surface area (Å²) in [5.41, 5.74) is 2.76. The molecule has 3 heterocycles. The quantitative estimate of drug-likeness (QED) is 0.204. The lowest BCUT2D eigenvalue weighted by Gasteiger charge is -2.34. The number of benzene rings is 2. The average Bonchev–Trinajstić information content (AvgIpc) is 3.47. The summed E-state index contributed by atoms with van der Waals surface area (Å²) in [6.07, 6.45) is 9.14. The van der Waals surface area contributed by atoms with Crippen LogP contribution >= 0.6 is 15.9 Å². The molecule has 1 saturated heterocycles. The molecule has 4 aromatic rings. The van der Waals surface area contributed by atoms with E-state index < -0.39 is 4.92 Å². The lowest BCUT2D eigenvalue weighted by Crippen LogP contribution is -2.49. The van der Waals surface area contributed by atoms with E-state index in [1.165, 1.54) is 12.3 Å². The van der Waals surface area contributed by atoms with E-state index in [4.69, 9.17) is 0 Å². The van der Waals surface area contributed by atoms with Gasteiger partial charge in [0.2, 0.25) is 0 Å². The molecule has 6 rings (SSSR count). The Morgan fingerprint density at radius 1 is 0.977 bits per heavy atom. The Bertz CT molecular complexity index is 1690. The van der Waals surface area contributed by atoms with Gasteiger partial charge in [0.1, 0.15) is 11.2 Å². The smallest absolute Gasteiger partial charge is 0.294 e. The van der Waals surface area contributed by atoms with Crippen LogP contribution in [0.1, 0.15) is 65.7 Å². The maximum Gasteiger partial charge on any atom is 0.294 e. The summed E-state index contributed by atoms with van der Waals surface area (Å²) < 4.78 is 2.10. The van der Waals surface area contributed by atoms with Gasteiger partial charge in [0.25, 0.3) is 17.5 Å². The molecule has 0 bridgehead atoms. The molecule has 1 aliphatic carbocycles. The fourth-order valence-corrected chi connectivity index (χ4v) is 6.41. The highest BCUT2D eigenvalue weighted by atomic mass is 79.9. The summed E-state index contributed by atoms with van der Waals surface area (Å²) >= 11 is 3.36. The number of piperidine rings is 1. The number of fused-ring (bicyclic) bond motifs is 1. The minimum atomic E-state index is -0.471. The van der Waals surface area contributed by atoms with Crippen LogP contribution < -0.4 is 10.6 Å². The van der Waals surface area contributed by atoms with Crippen LogP contribution in [0.2, 0.25) is 0 Å². The van der Waals surface area contributed by atoms with Crippen LogP contribution in [-0.4, -0.2) is 66.8 Å². The Labute approximate surface area is 256 Å². The Morgan fingerprint density at radius 3 is 2.53 bits per heavy atom. The lowest BCUT2D eigenvalue weighted by atomic mass is 9.89. The second kappa shape index (κ2) is 12.5. The molecule has 2 fully saturated rings. The Hall–Kier alpha value is -4.39. The van der Waals surface area contributed by atoms with Gasteiger partial charge in [0, 0.05) is 41.9 Å². The number of rotatable bonds is 7. The number of para-hydroxylation sites is 1. The van der Waals surface area contributed by atoms with Crippen molar-refractivity contribution in [1.82, 2.24) is 30.2 Å². The molecule has 13 heteroatoms. The van der Waals surface area contributed by atoms with Crippen LogP contribution in [0.15, 0.2) is 59.3 Å². The molecule has 0 radical (unpaired) electrons. The van der Waals surface area contributed by atoms with E-state index >= 15 is 0 Å². The van der Waals surface area contributed by atoms with Crippen LogP contribution in [0.4, 0.5) is 11.4 Å². The number of likely N-dealkylation sites (tertiary alicyclic amines) is 1. The minimum Gasteiger partial charge on any atom is -0.374 e. The van der Waals surface area contributed by atoms with E-state index in [1.54, 1.807) is 27.9 Å². The van der Waals surface area contributed by atoms with Crippen molar-refractivity contribution in [1.29, 1.82) is 0 Å². The van der Waals surface area contributed by atoms with E-state index in [0.29, 0.717) is 41.7 Å². The number of anilines is 1.